The van der Waals surface area contributed by atoms with E-state index in [1.807, 2.05) is 72.8 Å². The van der Waals surface area contributed by atoms with Gasteiger partial charge >= 0.3 is 0 Å². The van der Waals surface area contributed by atoms with E-state index in [0.717, 1.165) is 94.6 Å². The van der Waals surface area contributed by atoms with Crippen LogP contribution in [0.2, 0.25) is 0 Å². The fourth-order valence-electron chi connectivity index (χ4n) is 9.82. The van der Waals surface area contributed by atoms with Crippen molar-refractivity contribution in [2.45, 2.75) is 76.8 Å². The number of nitrogens with zero attached hydrogens (tertiary/aromatic N) is 5. The monoisotopic (exact) mass is 775 g/mol. The molecule has 1 saturated carbocycles. The molecule has 0 spiro atoms. The Balaban J connectivity index is 1.11. The molecule has 2 aliphatic rings. The lowest BCUT2D eigenvalue weighted by Crippen LogP contribution is -2.48. The van der Waals surface area contributed by atoms with Crippen LogP contribution in [-0.2, 0) is 29.6 Å². The number of benzene rings is 5. The number of carbonyl (C=O) groups is 1. The van der Waals surface area contributed by atoms with Crippen LogP contribution in [-0.4, -0.2) is 31.2 Å². The highest BCUT2D eigenvalue weighted by Crippen LogP contribution is 2.45. The minimum Gasteiger partial charge on any atom is -0.305 e. The molecule has 1 fully saturated rings. The zero-order valence-electron chi connectivity index (χ0n) is 33.7. The van der Waals surface area contributed by atoms with Crippen molar-refractivity contribution < 1.29 is 4.79 Å². The molecule has 294 valence electrons. The first kappa shape index (κ1) is 38.0. The lowest BCUT2D eigenvalue weighted by molar-refractivity contribution is -0.124. The molecule has 2 atom stereocenters. The predicted molar refractivity (Wildman–Crippen MR) is 234 cm³/mol. The average Bonchev–Trinajstić information content (AvgIpc) is 3.88. The highest BCUT2D eigenvalue weighted by atomic mass is 16.1. The first-order valence-electron chi connectivity index (χ1n) is 21.0. The molecule has 2 heterocycles. The predicted octanol–water partition coefficient (Wildman–Crippen LogP) is 11.4. The number of pyridine rings is 1. The second-order valence-electron chi connectivity index (χ2n) is 16.0. The van der Waals surface area contributed by atoms with Crippen LogP contribution >= 0.6 is 0 Å². The number of fused-ring (bicyclic) bond motifs is 2. The van der Waals surface area contributed by atoms with E-state index < -0.39 is 5.54 Å². The number of ketones is 1. The summed E-state index contributed by atoms with van der Waals surface area (Å²) in [5, 5.41) is 15.8. The van der Waals surface area contributed by atoms with Gasteiger partial charge in [0.1, 0.15) is 22.7 Å². The first-order valence-corrected chi connectivity index (χ1v) is 21.0. The summed E-state index contributed by atoms with van der Waals surface area (Å²) in [6.07, 6.45) is 7.05. The Kier molecular flexibility index (Phi) is 10.3. The Bertz CT molecular complexity index is 2570. The fourth-order valence-corrected chi connectivity index (χ4v) is 9.82. The molecule has 0 radical (unpaired) electrons. The number of aryl methyl sites for hydroxylation is 3. The van der Waals surface area contributed by atoms with Gasteiger partial charge in [0, 0.05) is 30.0 Å². The van der Waals surface area contributed by atoms with E-state index >= 15 is 0 Å². The SMILES string of the molecule is CCc1nc2c(C)cc(CC3CCCCC3=O)nc2n1C1CCc2cc(-c3ccccc3C(=N)N(N=N)C(c3ccccc3)(c3ccccc3)c3ccccc3)ccc21. The van der Waals surface area contributed by atoms with Crippen molar-refractivity contribution in [2.75, 3.05) is 0 Å². The molecule has 0 aliphatic heterocycles. The molecular weight excluding hydrogens is 727 g/mol. The minimum atomic E-state index is -1.11. The lowest BCUT2D eigenvalue weighted by Gasteiger charge is -2.42. The molecule has 7 aromatic rings. The van der Waals surface area contributed by atoms with Crippen LogP contribution in [0.3, 0.4) is 0 Å². The number of hydrogen-bond donors (Lipinski definition) is 2. The summed E-state index contributed by atoms with van der Waals surface area (Å²) in [7, 11) is 0. The molecule has 2 aromatic heterocycles. The van der Waals surface area contributed by atoms with Gasteiger partial charge in [-0.15, -0.1) is 0 Å². The van der Waals surface area contributed by atoms with Gasteiger partial charge in [0.25, 0.3) is 0 Å². The van der Waals surface area contributed by atoms with E-state index in [1.165, 1.54) is 11.1 Å². The number of aromatic nitrogens is 3. The molecule has 9 rings (SSSR count). The molecule has 0 bridgehead atoms. The van der Waals surface area contributed by atoms with Gasteiger partial charge in [-0.05, 0) is 89.6 Å². The van der Waals surface area contributed by atoms with E-state index in [1.54, 1.807) is 5.01 Å². The van der Waals surface area contributed by atoms with Gasteiger partial charge < -0.3 is 4.57 Å². The smallest absolute Gasteiger partial charge is 0.161 e. The molecule has 2 N–H and O–H groups in total. The van der Waals surface area contributed by atoms with Gasteiger partial charge in [-0.2, -0.15) is 5.53 Å². The largest absolute Gasteiger partial charge is 0.305 e. The lowest BCUT2D eigenvalue weighted by atomic mass is 9.76. The van der Waals surface area contributed by atoms with Crippen molar-refractivity contribution >= 4 is 22.8 Å². The normalized spacial score (nSPS) is 16.5. The Morgan fingerprint density at radius 2 is 1.44 bits per heavy atom. The number of amidine groups is 1. The number of Topliss-reactive ketones (excluding diaryl/α,β-unsaturated/α-hetero) is 1. The summed E-state index contributed by atoms with van der Waals surface area (Å²) in [4.78, 5) is 23.2. The highest BCUT2D eigenvalue weighted by molar-refractivity contribution is 6.03. The van der Waals surface area contributed by atoms with Crippen molar-refractivity contribution in [1.82, 2.24) is 19.5 Å². The molecule has 8 nitrogen and oxygen atoms in total. The number of imidazole rings is 1. The van der Waals surface area contributed by atoms with Crippen LogP contribution in [0, 0.1) is 23.8 Å². The molecule has 0 saturated heterocycles. The number of carbonyl (C=O) groups excluding carboxylic acids is 1. The fraction of sp³-hybridized carbons (Fsp3) is 0.255. The maximum absolute atomic E-state index is 12.8. The first-order chi connectivity index (χ1) is 28.9. The van der Waals surface area contributed by atoms with Crippen LogP contribution < -0.4 is 0 Å². The van der Waals surface area contributed by atoms with Crippen molar-refractivity contribution in [3.05, 3.63) is 190 Å². The van der Waals surface area contributed by atoms with Gasteiger partial charge in [-0.1, -0.05) is 152 Å². The van der Waals surface area contributed by atoms with E-state index in [9.17, 15) is 10.2 Å². The Labute approximate surface area is 346 Å². The van der Waals surface area contributed by atoms with Crippen LogP contribution in [0.15, 0.2) is 145 Å². The second kappa shape index (κ2) is 16.0. The number of nitrogens with one attached hydrogen (secondary N) is 2. The third kappa shape index (κ3) is 6.66. The van der Waals surface area contributed by atoms with Crippen molar-refractivity contribution in [2.24, 2.45) is 11.1 Å². The van der Waals surface area contributed by atoms with Gasteiger partial charge in [0.05, 0.1) is 6.04 Å². The highest BCUT2D eigenvalue weighted by Gasteiger charge is 2.45. The molecule has 2 aliphatic carbocycles. The zero-order valence-corrected chi connectivity index (χ0v) is 33.7. The van der Waals surface area contributed by atoms with Gasteiger partial charge in [0.2, 0.25) is 0 Å². The summed E-state index contributed by atoms with van der Waals surface area (Å²) >= 11 is 0. The second-order valence-corrected chi connectivity index (χ2v) is 16.0. The third-order valence-corrected chi connectivity index (χ3v) is 12.6. The summed E-state index contributed by atoms with van der Waals surface area (Å²) in [6, 6.07) is 47.2. The maximum Gasteiger partial charge on any atom is 0.161 e. The summed E-state index contributed by atoms with van der Waals surface area (Å²) < 4.78 is 2.37. The topological polar surface area (TPSA) is 111 Å². The van der Waals surface area contributed by atoms with Gasteiger partial charge in [0.15, 0.2) is 11.5 Å². The van der Waals surface area contributed by atoms with Crippen LogP contribution in [0.4, 0.5) is 0 Å². The molecule has 0 amide bonds. The molecule has 5 aromatic carbocycles. The van der Waals surface area contributed by atoms with Crippen molar-refractivity contribution in [3.8, 4) is 11.1 Å². The minimum absolute atomic E-state index is 0.0541. The Morgan fingerprint density at radius 3 is 2.07 bits per heavy atom. The van der Waals surface area contributed by atoms with Crippen molar-refractivity contribution in [3.63, 3.8) is 0 Å². The van der Waals surface area contributed by atoms with Crippen LogP contribution in [0.1, 0.15) is 95.5 Å². The van der Waals surface area contributed by atoms with E-state index in [2.05, 4.69) is 90.4 Å². The third-order valence-electron chi connectivity index (χ3n) is 12.6. The Hall–Kier alpha value is -6.54. The average molecular weight is 776 g/mol. The summed E-state index contributed by atoms with van der Waals surface area (Å²) in [5.41, 5.74) is 19.5. The standard InChI is InChI=1S/C51H49N7O/c1-3-47-55-48-34(2)31-41(33-37-17-13-16-26-46(37)59)54-50(48)57(47)45-30-28-36-32-35(27-29-43(36)45)42-24-14-15-25-44(42)49(52)58(56-53)51(38-18-7-4-8-19-38,39-20-9-5-10-21-39)40-22-11-6-12-23-40/h4-12,14-15,18-25,27,29,31-32,37,45,52-53H,3,13,16-17,26,28,30,33H2,1-2H3. The quantitative estimate of drug-likeness (QED) is 0.0448. The van der Waals surface area contributed by atoms with Crippen LogP contribution in [0.5, 0.6) is 0 Å². The maximum atomic E-state index is 12.8. The summed E-state index contributed by atoms with van der Waals surface area (Å²) in [5.74, 6) is 1.58. The molecule has 59 heavy (non-hydrogen) atoms. The van der Waals surface area contributed by atoms with Crippen molar-refractivity contribution in [1.29, 1.82) is 10.9 Å². The number of rotatable bonds is 11. The summed E-state index contributed by atoms with van der Waals surface area (Å²) in [6.45, 7) is 4.28. The van der Waals surface area contributed by atoms with Gasteiger partial charge in [-0.3, -0.25) is 10.2 Å². The van der Waals surface area contributed by atoms with Gasteiger partial charge in [-0.25, -0.2) is 15.0 Å². The van der Waals surface area contributed by atoms with E-state index in [4.69, 9.17) is 15.5 Å². The molecule has 8 heteroatoms. The van der Waals surface area contributed by atoms with E-state index in [-0.39, 0.29) is 17.8 Å². The number of hydrogen-bond acceptors (Lipinski definition) is 6. The molecular formula is C51H49N7O. The van der Waals surface area contributed by atoms with Crippen LogP contribution in [0.25, 0.3) is 22.3 Å². The zero-order chi connectivity index (χ0) is 40.5. The van der Waals surface area contributed by atoms with E-state index in [0.29, 0.717) is 24.2 Å². The Morgan fingerprint density at radius 1 is 0.797 bits per heavy atom. The molecule has 2 unspecified atom stereocenters.